The fourth-order valence-corrected chi connectivity index (χ4v) is 9.06. The Labute approximate surface area is 339 Å². The summed E-state index contributed by atoms with van der Waals surface area (Å²) in [7, 11) is 3.12. The number of H-pyrrole nitrogens is 1. The molecule has 5 aliphatic rings. The summed E-state index contributed by atoms with van der Waals surface area (Å²) < 4.78 is 21.0. The molecule has 1 aliphatic carbocycles. The first-order valence-corrected chi connectivity index (χ1v) is 20.5. The molecule has 4 aromatic rings. The lowest BCUT2D eigenvalue weighted by molar-refractivity contribution is -0.135. The van der Waals surface area contributed by atoms with Gasteiger partial charge in [-0.1, -0.05) is 81.4 Å². The number of methoxy groups -OCH3 is 1. The second-order valence-electron chi connectivity index (χ2n) is 16.2. The Balaban J connectivity index is 1.02. The van der Waals surface area contributed by atoms with Crippen LogP contribution in [0.3, 0.4) is 0 Å². The van der Waals surface area contributed by atoms with Gasteiger partial charge in [-0.25, -0.2) is 14.2 Å². The molecule has 3 unspecified atom stereocenters. The average molecular weight is 786 g/mol. The van der Waals surface area contributed by atoms with Gasteiger partial charge in [0, 0.05) is 23.4 Å². The van der Waals surface area contributed by atoms with Crippen LogP contribution in [0.15, 0.2) is 84.3 Å². The summed E-state index contributed by atoms with van der Waals surface area (Å²) in [5, 5.41) is 9.53. The van der Waals surface area contributed by atoms with E-state index in [0.29, 0.717) is 36.3 Å². The van der Waals surface area contributed by atoms with E-state index in [9.17, 15) is 14.4 Å². The van der Waals surface area contributed by atoms with Crippen LogP contribution in [-0.4, -0.2) is 65.6 Å². The monoisotopic (exact) mass is 785 g/mol. The number of aryl methyl sites for hydroxylation is 2. The van der Waals surface area contributed by atoms with Gasteiger partial charge in [-0.2, -0.15) is 0 Å². The third-order valence-electron chi connectivity index (χ3n) is 12.2. The highest BCUT2D eigenvalue weighted by Crippen LogP contribution is 2.44. The molecule has 12 heteroatoms. The molecule has 0 radical (unpaired) electrons. The number of aromatic amines is 1. The number of allylic oxidation sites excluding steroid dienone is 2. The Morgan fingerprint density at radius 1 is 1.03 bits per heavy atom. The first-order chi connectivity index (χ1) is 28.1. The van der Waals surface area contributed by atoms with Gasteiger partial charge in [-0.3, -0.25) is 14.5 Å². The summed E-state index contributed by atoms with van der Waals surface area (Å²) in [5.41, 5.74) is 8.42. The number of amides is 3. The molecule has 9 rings (SSSR count). The topological polar surface area (TPSA) is 132 Å². The smallest absolute Gasteiger partial charge is 0.407 e. The molecule has 58 heavy (non-hydrogen) atoms. The Hall–Kier alpha value is -5.75. The quantitative estimate of drug-likeness (QED) is 0.130. The number of likely N-dealkylation sites (tertiary alicyclic amines) is 1. The highest BCUT2D eigenvalue weighted by Gasteiger charge is 2.40. The van der Waals surface area contributed by atoms with Crippen LogP contribution in [0.5, 0.6) is 0 Å². The van der Waals surface area contributed by atoms with Gasteiger partial charge in [0.25, 0.3) is 5.91 Å². The van der Waals surface area contributed by atoms with Gasteiger partial charge in [0.05, 0.1) is 36.8 Å². The molecule has 4 aliphatic heterocycles. The van der Waals surface area contributed by atoms with Crippen molar-refractivity contribution in [3.63, 3.8) is 0 Å². The van der Waals surface area contributed by atoms with Crippen molar-refractivity contribution in [2.45, 2.75) is 83.8 Å². The van der Waals surface area contributed by atoms with Gasteiger partial charge < -0.3 is 30.6 Å². The predicted octanol–water partition coefficient (Wildman–Crippen LogP) is 7.62. The number of nitrogens with one attached hydrogen (secondary N) is 4. The van der Waals surface area contributed by atoms with E-state index in [1.165, 1.54) is 7.11 Å². The number of halogens is 1. The molecular weight excluding hydrogens is 734 g/mol. The summed E-state index contributed by atoms with van der Waals surface area (Å²) in [6.45, 7) is 6.88. The van der Waals surface area contributed by atoms with Crippen molar-refractivity contribution >= 4 is 29.3 Å². The molecule has 2 fully saturated rings. The normalized spacial score (nSPS) is 19.8. The Bertz CT molecular complexity index is 2290. The minimum Gasteiger partial charge on any atom is -0.453 e. The van der Waals surface area contributed by atoms with Crippen molar-refractivity contribution in [1.29, 1.82) is 0 Å². The van der Waals surface area contributed by atoms with Crippen LogP contribution in [0.25, 0.3) is 28.1 Å². The second-order valence-corrected chi connectivity index (χ2v) is 16.2. The third kappa shape index (κ3) is 7.30. The molecule has 2 bridgehead atoms. The Kier molecular flexibility index (Phi) is 11.0. The van der Waals surface area contributed by atoms with Crippen LogP contribution in [-0.2, 0) is 27.2 Å². The fraction of sp³-hybridized carbons (Fsp3) is 0.391. The van der Waals surface area contributed by atoms with E-state index in [-0.39, 0.29) is 41.6 Å². The number of carbonyl (C=O) groups is 3. The molecular formula is C46H52FN7O4. The summed E-state index contributed by atoms with van der Waals surface area (Å²) in [6.07, 6.45) is 8.41. The van der Waals surface area contributed by atoms with Crippen molar-refractivity contribution in [3.8, 4) is 22.4 Å². The first-order valence-electron chi connectivity index (χ1n) is 20.5. The lowest BCUT2D eigenvalue weighted by atomic mass is 9.80. The van der Waals surface area contributed by atoms with Crippen molar-refractivity contribution in [3.05, 3.63) is 113 Å². The number of alkyl carbamates (subject to hydrolysis) is 1. The summed E-state index contributed by atoms with van der Waals surface area (Å²) in [6, 6.07) is 18.0. The Morgan fingerprint density at radius 2 is 1.79 bits per heavy atom. The molecule has 3 atom stereocenters. The molecule has 3 aromatic carbocycles. The number of hydrogen-bond donors (Lipinski definition) is 4. The lowest BCUT2D eigenvalue weighted by Crippen LogP contribution is -2.50. The van der Waals surface area contributed by atoms with Gasteiger partial charge in [-0.05, 0) is 97.7 Å². The average Bonchev–Trinajstić information content (AvgIpc) is 3.79. The molecule has 1 saturated carbocycles. The highest BCUT2D eigenvalue weighted by atomic mass is 19.1. The minimum atomic E-state index is -0.779. The van der Waals surface area contributed by atoms with E-state index < -0.39 is 12.1 Å². The van der Waals surface area contributed by atoms with E-state index >= 15 is 4.39 Å². The number of ether oxygens (including phenoxy) is 1. The summed E-state index contributed by atoms with van der Waals surface area (Å²) in [5.74, 6) is 1.38. The van der Waals surface area contributed by atoms with E-state index in [1.807, 2.05) is 74.3 Å². The molecule has 5 heterocycles. The zero-order valence-electron chi connectivity index (χ0n) is 33.8. The third-order valence-corrected chi connectivity index (χ3v) is 12.2. The van der Waals surface area contributed by atoms with Gasteiger partial charge >= 0.3 is 6.09 Å². The predicted molar refractivity (Wildman–Crippen MR) is 223 cm³/mol. The number of benzene rings is 3. The van der Waals surface area contributed by atoms with Gasteiger partial charge in [0.15, 0.2) is 0 Å². The van der Waals surface area contributed by atoms with E-state index in [1.54, 1.807) is 23.2 Å². The molecule has 1 aromatic heterocycles. The van der Waals surface area contributed by atoms with E-state index in [4.69, 9.17) is 9.72 Å². The van der Waals surface area contributed by atoms with Crippen LogP contribution < -0.4 is 20.9 Å². The van der Waals surface area contributed by atoms with Gasteiger partial charge in [-0.15, -0.1) is 0 Å². The molecule has 1 saturated heterocycles. The Morgan fingerprint density at radius 3 is 2.50 bits per heavy atom. The maximum Gasteiger partial charge on any atom is 0.407 e. The summed E-state index contributed by atoms with van der Waals surface area (Å²) in [4.78, 5) is 52.0. The van der Waals surface area contributed by atoms with Crippen LogP contribution in [0.2, 0.25) is 0 Å². The molecule has 4 N–H and O–H groups in total. The van der Waals surface area contributed by atoms with Crippen LogP contribution in [0.1, 0.15) is 81.4 Å². The van der Waals surface area contributed by atoms with Crippen LogP contribution in [0.4, 0.5) is 14.9 Å². The number of imidazole rings is 1. The van der Waals surface area contributed by atoms with Gasteiger partial charge in [0.2, 0.25) is 5.91 Å². The number of aromatic nitrogens is 2. The highest BCUT2D eigenvalue weighted by molar-refractivity contribution is 6.03. The summed E-state index contributed by atoms with van der Waals surface area (Å²) >= 11 is 0. The number of nitrogens with zero attached hydrogens (tertiary/aromatic N) is 3. The molecule has 0 spiro atoms. The first kappa shape index (κ1) is 39.1. The standard InChI is InChI=1S/C46H52FN7O4/c1-6-28-9-7-10-31-17-19-36(52-46(57)58-5)44(55)54(41(28)31)43-33-21-27(22-33)23-37(51-43)32-16-18-34(35(47)24-32)29-12-14-30(15-13-29)38-25-49-42(50-38)39-11-8-20-53(39)45(56)40(48-4)26(2)3/h7,9-10,12-16,18,23-27,36,39-40,48,51H,6,8,11,17,19-22H2,1-5H3,(H,49,50)(H,52,57). The van der Waals surface area contributed by atoms with E-state index in [2.05, 4.69) is 33.9 Å². The number of para-hydroxylation sites is 1. The van der Waals surface area contributed by atoms with Crippen molar-refractivity contribution in [2.24, 2.45) is 11.8 Å². The largest absolute Gasteiger partial charge is 0.453 e. The zero-order chi connectivity index (χ0) is 40.7. The number of carbonyl (C=O) groups excluding carboxylic acids is 3. The van der Waals surface area contributed by atoms with Crippen molar-refractivity contribution in [2.75, 3.05) is 25.6 Å². The maximum absolute atomic E-state index is 16.2. The van der Waals surface area contributed by atoms with Crippen molar-refractivity contribution < 1.29 is 23.5 Å². The van der Waals surface area contributed by atoms with Crippen LogP contribution >= 0.6 is 0 Å². The molecule has 3 amide bonds. The number of rotatable bonds is 10. The van der Waals surface area contributed by atoms with Crippen LogP contribution in [0, 0.1) is 17.7 Å². The second kappa shape index (κ2) is 16.2. The number of likely N-dealkylation sites (N-methyl/N-ethyl adjacent to an activating group) is 1. The van der Waals surface area contributed by atoms with Crippen molar-refractivity contribution in [1.82, 2.24) is 30.8 Å². The minimum absolute atomic E-state index is 0.0997. The molecule has 11 nitrogen and oxygen atoms in total. The fourth-order valence-electron chi connectivity index (χ4n) is 9.06. The lowest BCUT2D eigenvalue weighted by Gasteiger charge is -2.34. The maximum atomic E-state index is 16.2. The number of fused-ring (bicyclic) bond motifs is 3. The van der Waals surface area contributed by atoms with E-state index in [0.717, 1.165) is 82.8 Å². The number of anilines is 1. The zero-order valence-corrected chi connectivity index (χ0v) is 33.8. The molecule has 302 valence electrons. The number of hydrogen-bond acceptors (Lipinski definition) is 7. The van der Waals surface area contributed by atoms with Gasteiger partial charge in [0.1, 0.15) is 23.5 Å². The SMILES string of the molecule is CCc1cccc2c1N(C1=C3CC(C=C(c4ccc(-c5ccc(-c6cnc(C7CCCN7C(=O)C(NC)C(C)C)[nH]6)cc5)c(F)c4)N1)C3)C(=O)C(NC(=O)OC)CC2.